The van der Waals surface area contributed by atoms with E-state index in [1.807, 2.05) is 0 Å². The molecule has 1 heterocycles. The fraction of sp³-hybridized carbons (Fsp3) is 1.00. The van der Waals surface area contributed by atoms with E-state index in [0.717, 1.165) is 6.61 Å². The highest BCUT2D eigenvalue weighted by Crippen LogP contribution is 2.38. The van der Waals surface area contributed by atoms with Gasteiger partial charge in [0.05, 0.1) is 12.2 Å². The number of hydrogen-bond donors (Lipinski definition) is 0. The van der Waals surface area contributed by atoms with Crippen LogP contribution < -0.4 is 0 Å². The molecule has 0 radical (unpaired) electrons. The maximum Gasteiger partial charge on any atom is 0.0916 e. The molecule has 1 saturated heterocycles. The molecule has 0 aliphatic carbocycles. The van der Waals surface area contributed by atoms with Crippen LogP contribution in [0, 0.1) is 0 Å². The Kier molecular flexibility index (Phi) is 9.59. The van der Waals surface area contributed by atoms with Gasteiger partial charge in [0.25, 0.3) is 0 Å². The first-order valence-electron chi connectivity index (χ1n) is 8.97. The molecular formula is C18H36O. The molecule has 1 fully saturated rings. The summed E-state index contributed by atoms with van der Waals surface area (Å²) in [4.78, 5) is 0. The molecule has 0 aromatic rings. The molecule has 1 aliphatic rings. The smallest absolute Gasteiger partial charge is 0.0916 e. The number of hydrogen-bond acceptors (Lipinski definition) is 1. The first-order valence-corrected chi connectivity index (χ1v) is 8.97. The van der Waals surface area contributed by atoms with E-state index in [9.17, 15) is 0 Å². The van der Waals surface area contributed by atoms with Crippen molar-refractivity contribution >= 4 is 0 Å². The third kappa shape index (κ3) is 8.68. The van der Waals surface area contributed by atoms with E-state index >= 15 is 0 Å². The molecule has 0 aromatic heterocycles. The van der Waals surface area contributed by atoms with Gasteiger partial charge in [-0.15, -0.1) is 0 Å². The molecule has 1 atom stereocenters. The number of rotatable bonds is 14. The van der Waals surface area contributed by atoms with E-state index in [-0.39, 0.29) is 0 Å². The van der Waals surface area contributed by atoms with Crippen LogP contribution in [-0.2, 0) is 4.74 Å². The first kappa shape index (κ1) is 17.0. The quantitative estimate of drug-likeness (QED) is 0.268. The van der Waals surface area contributed by atoms with Crippen molar-refractivity contribution < 1.29 is 4.74 Å². The van der Waals surface area contributed by atoms with Crippen molar-refractivity contribution in [3.63, 3.8) is 0 Å². The van der Waals surface area contributed by atoms with E-state index in [4.69, 9.17) is 4.74 Å². The van der Waals surface area contributed by atoms with Crippen LogP contribution in [-0.4, -0.2) is 12.2 Å². The maximum atomic E-state index is 5.75. The lowest BCUT2D eigenvalue weighted by molar-refractivity contribution is 0.260. The Bertz CT molecular complexity index is 196. The molecule has 114 valence electrons. The zero-order valence-electron chi connectivity index (χ0n) is 13.5. The molecule has 1 heteroatoms. The second kappa shape index (κ2) is 10.7. The minimum Gasteiger partial charge on any atom is -0.370 e. The normalized spacial score (nSPS) is 21.8. The van der Waals surface area contributed by atoms with Crippen molar-refractivity contribution in [1.29, 1.82) is 0 Å². The van der Waals surface area contributed by atoms with Gasteiger partial charge in [0.15, 0.2) is 0 Å². The highest BCUT2D eigenvalue weighted by molar-refractivity contribution is 4.91. The topological polar surface area (TPSA) is 12.5 Å². The molecule has 0 saturated carbocycles. The van der Waals surface area contributed by atoms with Gasteiger partial charge in [0.2, 0.25) is 0 Å². The SMILES string of the molecule is CCCCCCCCCC1(CCCCCCC)CO1. The summed E-state index contributed by atoms with van der Waals surface area (Å²) in [6, 6.07) is 0. The third-order valence-corrected chi connectivity index (χ3v) is 4.52. The zero-order valence-corrected chi connectivity index (χ0v) is 13.5. The Morgan fingerprint density at radius 2 is 1.00 bits per heavy atom. The largest absolute Gasteiger partial charge is 0.370 e. The average molecular weight is 268 g/mol. The number of ether oxygens (including phenoxy) is 1. The van der Waals surface area contributed by atoms with Crippen molar-refractivity contribution in [2.45, 2.75) is 109 Å². The molecule has 0 aromatic carbocycles. The van der Waals surface area contributed by atoms with Crippen LogP contribution in [0.3, 0.4) is 0 Å². The van der Waals surface area contributed by atoms with Gasteiger partial charge in [-0.2, -0.15) is 0 Å². The predicted molar refractivity (Wildman–Crippen MR) is 84.7 cm³/mol. The van der Waals surface area contributed by atoms with Gasteiger partial charge in [0, 0.05) is 0 Å². The highest BCUT2D eigenvalue weighted by Gasteiger charge is 2.42. The monoisotopic (exact) mass is 268 g/mol. The summed E-state index contributed by atoms with van der Waals surface area (Å²) in [6.07, 6.45) is 19.5. The molecule has 1 nitrogen and oxygen atoms in total. The minimum atomic E-state index is 0.343. The molecule has 0 N–H and O–H groups in total. The van der Waals surface area contributed by atoms with Crippen LogP contribution in [0.4, 0.5) is 0 Å². The van der Waals surface area contributed by atoms with Crippen molar-refractivity contribution in [2.75, 3.05) is 6.61 Å². The second-order valence-electron chi connectivity index (χ2n) is 6.51. The van der Waals surface area contributed by atoms with Crippen molar-refractivity contribution in [1.82, 2.24) is 0 Å². The van der Waals surface area contributed by atoms with Gasteiger partial charge < -0.3 is 4.74 Å². The molecule has 0 bridgehead atoms. The van der Waals surface area contributed by atoms with Gasteiger partial charge in [0.1, 0.15) is 0 Å². The van der Waals surface area contributed by atoms with Gasteiger partial charge in [-0.3, -0.25) is 0 Å². The van der Waals surface area contributed by atoms with E-state index in [2.05, 4.69) is 13.8 Å². The fourth-order valence-corrected chi connectivity index (χ4v) is 2.97. The summed E-state index contributed by atoms with van der Waals surface area (Å²) in [5.74, 6) is 0. The summed E-state index contributed by atoms with van der Waals surface area (Å²) in [7, 11) is 0. The average Bonchev–Trinajstić information content (AvgIpc) is 3.18. The van der Waals surface area contributed by atoms with Gasteiger partial charge in [-0.1, -0.05) is 90.9 Å². The van der Waals surface area contributed by atoms with Crippen LogP contribution in [0.2, 0.25) is 0 Å². The highest BCUT2D eigenvalue weighted by atomic mass is 16.6. The Balaban J connectivity index is 1.87. The predicted octanol–water partition coefficient (Wildman–Crippen LogP) is 6.26. The lowest BCUT2D eigenvalue weighted by Gasteiger charge is -2.11. The molecule has 0 spiro atoms. The Labute approximate surface area is 121 Å². The zero-order chi connectivity index (χ0) is 13.8. The van der Waals surface area contributed by atoms with Gasteiger partial charge in [-0.05, 0) is 12.8 Å². The Morgan fingerprint density at radius 3 is 1.37 bits per heavy atom. The third-order valence-electron chi connectivity index (χ3n) is 4.52. The molecular weight excluding hydrogens is 232 g/mol. The minimum absolute atomic E-state index is 0.343. The van der Waals surface area contributed by atoms with E-state index in [1.54, 1.807) is 0 Å². The number of epoxide rings is 1. The van der Waals surface area contributed by atoms with Gasteiger partial charge >= 0.3 is 0 Å². The van der Waals surface area contributed by atoms with Crippen LogP contribution >= 0.6 is 0 Å². The van der Waals surface area contributed by atoms with E-state index in [0.29, 0.717) is 5.60 Å². The summed E-state index contributed by atoms with van der Waals surface area (Å²) in [5.41, 5.74) is 0.343. The van der Waals surface area contributed by atoms with E-state index in [1.165, 1.54) is 89.9 Å². The Morgan fingerprint density at radius 1 is 0.632 bits per heavy atom. The standard InChI is InChI=1S/C18H36O/c1-3-5-7-9-10-12-14-16-18(17-19-18)15-13-11-8-6-4-2/h3-17H2,1-2H3. The fourth-order valence-electron chi connectivity index (χ4n) is 2.97. The Hall–Kier alpha value is -0.0400. The molecule has 1 rings (SSSR count). The number of unbranched alkanes of at least 4 members (excludes halogenated alkanes) is 10. The lowest BCUT2D eigenvalue weighted by Crippen LogP contribution is -2.10. The van der Waals surface area contributed by atoms with Gasteiger partial charge in [-0.25, -0.2) is 0 Å². The summed E-state index contributed by atoms with van der Waals surface area (Å²) in [5, 5.41) is 0. The maximum absolute atomic E-state index is 5.75. The molecule has 19 heavy (non-hydrogen) atoms. The van der Waals surface area contributed by atoms with Crippen LogP contribution in [0.15, 0.2) is 0 Å². The van der Waals surface area contributed by atoms with E-state index < -0.39 is 0 Å². The van der Waals surface area contributed by atoms with Crippen molar-refractivity contribution in [3.05, 3.63) is 0 Å². The van der Waals surface area contributed by atoms with Crippen molar-refractivity contribution in [3.8, 4) is 0 Å². The lowest BCUT2D eigenvalue weighted by atomic mass is 9.95. The molecule has 1 aliphatic heterocycles. The van der Waals surface area contributed by atoms with Crippen LogP contribution in [0.25, 0.3) is 0 Å². The summed E-state index contributed by atoms with van der Waals surface area (Å²) >= 11 is 0. The first-order chi connectivity index (χ1) is 9.33. The molecule has 0 amide bonds. The summed E-state index contributed by atoms with van der Waals surface area (Å²) in [6.45, 7) is 5.62. The van der Waals surface area contributed by atoms with Crippen molar-refractivity contribution in [2.24, 2.45) is 0 Å². The van der Waals surface area contributed by atoms with Crippen LogP contribution in [0.1, 0.15) is 104 Å². The second-order valence-corrected chi connectivity index (χ2v) is 6.51. The van der Waals surface area contributed by atoms with Crippen LogP contribution in [0.5, 0.6) is 0 Å². The summed E-state index contributed by atoms with van der Waals surface area (Å²) < 4.78 is 5.75. The molecule has 1 unspecified atom stereocenters.